The van der Waals surface area contributed by atoms with Crippen molar-refractivity contribution in [2.24, 2.45) is 5.92 Å². The zero-order valence-electron chi connectivity index (χ0n) is 16.1. The highest BCUT2D eigenvalue weighted by Crippen LogP contribution is 2.20. The number of nitrogens with zero attached hydrogens (tertiary/aromatic N) is 1. The molecule has 2 N–H and O–H groups in total. The van der Waals surface area contributed by atoms with Crippen LogP contribution in [-0.4, -0.2) is 45.4 Å². The van der Waals surface area contributed by atoms with Crippen LogP contribution in [0.3, 0.4) is 0 Å². The number of hydrogen-bond acceptors (Lipinski definition) is 5. The molecule has 0 aliphatic carbocycles. The zero-order chi connectivity index (χ0) is 20.0. The normalized spacial score (nSPS) is 16.0. The molecule has 1 unspecified atom stereocenters. The SMILES string of the molecule is CC(CNC(=O)Cc1ccc(NS(=O)(=O)c2cccs2)cc1)CN1CCCC1. The molecule has 8 heteroatoms. The van der Waals surface area contributed by atoms with Gasteiger partial charge in [-0.25, -0.2) is 8.42 Å². The van der Waals surface area contributed by atoms with Crippen molar-refractivity contribution < 1.29 is 13.2 Å². The molecule has 1 amide bonds. The fraction of sp³-hybridized carbons (Fsp3) is 0.450. The van der Waals surface area contributed by atoms with Gasteiger partial charge in [0.25, 0.3) is 10.0 Å². The van der Waals surface area contributed by atoms with Crippen molar-refractivity contribution >= 4 is 33.0 Å². The van der Waals surface area contributed by atoms with E-state index in [1.165, 1.54) is 37.3 Å². The number of sulfonamides is 1. The molecule has 0 radical (unpaired) electrons. The van der Waals surface area contributed by atoms with Crippen LogP contribution in [0, 0.1) is 5.92 Å². The molecule has 28 heavy (non-hydrogen) atoms. The summed E-state index contributed by atoms with van der Waals surface area (Å²) in [7, 11) is -3.55. The summed E-state index contributed by atoms with van der Waals surface area (Å²) in [6.45, 7) is 6.20. The third kappa shape index (κ3) is 6.05. The number of anilines is 1. The van der Waals surface area contributed by atoms with E-state index in [4.69, 9.17) is 0 Å². The maximum Gasteiger partial charge on any atom is 0.271 e. The van der Waals surface area contributed by atoms with Crippen molar-refractivity contribution in [3.05, 3.63) is 47.3 Å². The zero-order valence-corrected chi connectivity index (χ0v) is 17.7. The van der Waals surface area contributed by atoms with Crippen LogP contribution in [0.4, 0.5) is 5.69 Å². The van der Waals surface area contributed by atoms with Gasteiger partial charge in [-0.05, 0) is 61.0 Å². The van der Waals surface area contributed by atoms with Crippen LogP contribution >= 0.6 is 11.3 Å². The lowest BCUT2D eigenvalue weighted by molar-refractivity contribution is -0.120. The predicted molar refractivity (Wildman–Crippen MR) is 113 cm³/mol. The number of thiophene rings is 1. The van der Waals surface area contributed by atoms with E-state index in [2.05, 4.69) is 21.9 Å². The van der Waals surface area contributed by atoms with Crippen molar-refractivity contribution in [3.63, 3.8) is 0 Å². The summed E-state index contributed by atoms with van der Waals surface area (Å²) in [5, 5.41) is 4.73. The minimum Gasteiger partial charge on any atom is -0.355 e. The highest BCUT2D eigenvalue weighted by molar-refractivity contribution is 7.94. The summed E-state index contributed by atoms with van der Waals surface area (Å²) in [5.74, 6) is 0.413. The van der Waals surface area contributed by atoms with Crippen LogP contribution in [0.15, 0.2) is 46.0 Å². The van der Waals surface area contributed by atoms with Crippen LogP contribution in [0.25, 0.3) is 0 Å². The van der Waals surface area contributed by atoms with Crippen LogP contribution in [0.1, 0.15) is 25.3 Å². The third-order valence-electron chi connectivity index (χ3n) is 4.75. The van der Waals surface area contributed by atoms with Crippen LogP contribution < -0.4 is 10.0 Å². The van der Waals surface area contributed by atoms with Crippen LogP contribution in [0.5, 0.6) is 0 Å². The monoisotopic (exact) mass is 421 g/mol. The van der Waals surface area contributed by atoms with Crippen molar-refractivity contribution in [2.75, 3.05) is 30.9 Å². The number of rotatable bonds is 9. The molecule has 1 atom stereocenters. The Bertz CT molecular complexity index is 859. The van der Waals surface area contributed by atoms with Gasteiger partial charge >= 0.3 is 0 Å². The van der Waals surface area contributed by atoms with E-state index in [1.54, 1.807) is 41.8 Å². The highest BCUT2D eigenvalue weighted by atomic mass is 32.2. The number of hydrogen-bond donors (Lipinski definition) is 2. The van der Waals surface area contributed by atoms with Gasteiger partial charge in [-0.3, -0.25) is 9.52 Å². The van der Waals surface area contributed by atoms with Crippen molar-refractivity contribution in [1.82, 2.24) is 10.2 Å². The third-order valence-corrected chi connectivity index (χ3v) is 7.53. The fourth-order valence-electron chi connectivity index (χ4n) is 3.32. The molecule has 1 fully saturated rings. The highest BCUT2D eigenvalue weighted by Gasteiger charge is 2.16. The second kappa shape index (κ2) is 9.54. The number of likely N-dealkylation sites (tertiary alicyclic amines) is 1. The maximum absolute atomic E-state index is 12.2. The second-order valence-corrected chi connectivity index (χ2v) is 10.2. The first-order chi connectivity index (χ1) is 13.4. The quantitative estimate of drug-likeness (QED) is 0.653. The predicted octanol–water partition coefficient (Wildman–Crippen LogP) is 2.94. The minimum absolute atomic E-state index is 0.0137. The van der Waals surface area contributed by atoms with Crippen molar-refractivity contribution in [1.29, 1.82) is 0 Å². The van der Waals surface area contributed by atoms with Crippen LogP contribution in [-0.2, 0) is 21.2 Å². The van der Waals surface area contributed by atoms with Gasteiger partial charge in [-0.1, -0.05) is 25.1 Å². The Morgan fingerprint density at radius 2 is 1.89 bits per heavy atom. The number of amides is 1. The molecule has 1 aliphatic rings. The van der Waals surface area contributed by atoms with E-state index in [1.807, 2.05) is 0 Å². The Morgan fingerprint density at radius 3 is 2.54 bits per heavy atom. The molecule has 0 saturated carbocycles. The second-order valence-electron chi connectivity index (χ2n) is 7.33. The van der Waals surface area contributed by atoms with Gasteiger partial charge in [0.05, 0.1) is 6.42 Å². The average molecular weight is 422 g/mol. The van der Waals surface area contributed by atoms with Gasteiger partial charge in [0.1, 0.15) is 4.21 Å². The Kier molecular flexibility index (Phi) is 7.09. The smallest absolute Gasteiger partial charge is 0.271 e. The van der Waals surface area contributed by atoms with E-state index >= 15 is 0 Å². The summed E-state index contributed by atoms with van der Waals surface area (Å²) >= 11 is 1.17. The first-order valence-corrected chi connectivity index (χ1v) is 11.9. The van der Waals surface area contributed by atoms with Gasteiger partial charge in [-0.15, -0.1) is 11.3 Å². The average Bonchev–Trinajstić information content (AvgIpc) is 3.35. The van der Waals surface area contributed by atoms with E-state index < -0.39 is 10.0 Å². The van der Waals surface area contributed by atoms with Crippen molar-refractivity contribution in [3.8, 4) is 0 Å². The molecular weight excluding hydrogens is 394 g/mol. The van der Waals surface area contributed by atoms with Crippen LogP contribution in [0.2, 0.25) is 0 Å². The molecule has 6 nitrogen and oxygen atoms in total. The Morgan fingerprint density at radius 1 is 1.18 bits per heavy atom. The number of carbonyl (C=O) groups excluding carboxylic acids is 1. The van der Waals surface area contributed by atoms with E-state index in [-0.39, 0.29) is 16.5 Å². The molecule has 152 valence electrons. The molecule has 3 rings (SSSR count). The summed E-state index contributed by atoms with van der Waals surface area (Å²) in [6, 6.07) is 10.2. The molecule has 1 saturated heterocycles. The molecule has 0 spiro atoms. The van der Waals surface area contributed by atoms with Crippen molar-refractivity contribution in [2.45, 2.75) is 30.4 Å². The number of nitrogens with one attached hydrogen (secondary N) is 2. The standard InChI is InChI=1S/C20H27N3O3S2/c1-16(15-23-10-2-3-11-23)14-21-19(24)13-17-6-8-18(9-7-17)22-28(25,26)20-5-4-12-27-20/h4-9,12,16,22H,2-3,10-11,13-15H2,1H3,(H,21,24). The first kappa shape index (κ1) is 20.8. The topological polar surface area (TPSA) is 78.5 Å². The van der Waals surface area contributed by atoms with Gasteiger partial charge in [0, 0.05) is 18.8 Å². The Labute approximate surface area is 171 Å². The van der Waals surface area contributed by atoms with Gasteiger partial charge < -0.3 is 10.2 Å². The van der Waals surface area contributed by atoms with Gasteiger partial charge in [0.2, 0.25) is 5.91 Å². The summed E-state index contributed by atoms with van der Waals surface area (Å²) in [5.41, 5.74) is 1.33. The van der Waals surface area contributed by atoms with Gasteiger partial charge in [-0.2, -0.15) is 0 Å². The molecule has 0 bridgehead atoms. The number of carbonyl (C=O) groups is 1. The lowest BCUT2D eigenvalue weighted by atomic mass is 10.1. The largest absolute Gasteiger partial charge is 0.355 e. The summed E-state index contributed by atoms with van der Waals surface area (Å²) < 4.78 is 27.3. The van der Waals surface area contributed by atoms with E-state index in [9.17, 15) is 13.2 Å². The molecule has 1 aliphatic heterocycles. The Hall–Kier alpha value is -1.90. The molecule has 1 aromatic heterocycles. The van der Waals surface area contributed by atoms with Gasteiger partial charge in [0.15, 0.2) is 0 Å². The molecule has 1 aromatic carbocycles. The maximum atomic E-state index is 12.2. The molecular formula is C20H27N3O3S2. The number of benzene rings is 1. The first-order valence-electron chi connectivity index (χ1n) is 9.57. The lowest BCUT2D eigenvalue weighted by Crippen LogP contribution is -2.35. The summed E-state index contributed by atoms with van der Waals surface area (Å²) in [4.78, 5) is 14.6. The molecule has 2 aromatic rings. The minimum atomic E-state index is -3.55. The molecule has 2 heterocycles. The Balaban J connectivity index is 1.45. The fourth-order valence-corrected chi connectivity index (χ4v) is 5.37. The van der Waals surface area contributed by atoms with E-state index in [0.717, 1.165) is 12.1 Å². The summed E-state index contributed by atoms with van der Waals surface area (Å²) in [6.07, 6.45) is 2.84. The lowest BCUT2D eigenvalue weighted by Gasteiger charge is -2.20. The van der Waals surface area contributed by atoms with E-state index in [0.29, 0.717) is 18.2 Å².